The van der Waals surface area contributed by atoms with E-state index in [1.54, 1.807) is 12.0 Å². The Labute approximate surface area is 194 Å². The second-order valence-electron chi connectivity index (χ2n) is 7.51. The molecule has 0 aliphatic heterocycles. The molecule has 0 bridgehead atoms. The van der Waals surface area contributed by atoms with E-state index in [0.717, 1.165) is 54.2 Å². The van der Waals surface area contributed by atoms with Gasteiger partial charge in [0.2, 0.25) is 0 Å². The molecule has 0 fully saturated rings. The number of aromatic nitrogens is 1. The highest BCUT2D eigenvalue weighted by Gasteiger charge is 2.23. The van der Waals surface area contributed by atoms with Gasteiger partial charge in [-0.15, -0.1) is 0 Å². The predicted octanol–water partition coefficient (Wildman–Crippen LogP) is 5.47. The van der Waals surface area contributed by atoms with E-state index in [9.17, 15) is 4.79 Å². The molecule has 32 heavy (non-hydrogen) atoms. The fraction of sp³-hybridized carbons (Fsp3) is 0.440. The maximum Gasteiger partial charge on any atom is 0.260 e. The first-order chi connectivity index (χ1) is 15.6. The van der Waals surface area contributed by atoms with E-state index in [1.165, 1.54) is 11.3 Å². The highest BCUT2D eigenvalue weighted by molar-refractivity contribution is 7.22. The number of hydrogen-bond acceptors (Lipinski definition) is 6. The minimum Gasteiger partial charge on any atom is -0.494 e. The molecule has 0 atom stereocenters. The van der Waals surface area contributed by atoms with Crippen LogP contribution in [-0.4, -0.2) is 55.7 Å². The minimum absolute atomic E-state index is 0.0599. The van der Waals surface area contributed by atoms with Crippen molar-refractivity contribution in [3.05, 3.63) is 48.0 Å². The van der Waals surface area contributed by atoms with Crippen molar-refractivity contribution in [2.45, 2.75) is 33.6 Å². The van der Waals surface area contributed by atoms with E-state index < -0.39 is 0 Å². The van der Waals surface area contributed by atoms with E-state index in [-0.39, 0.29) is 5.91 Å². The second-order valence-corrected chi connectivity index (χ2v) is 8.52. The first-order valence-corrected chi connectivity index (χ1v) is 12.1. The number of nitrogens with zero attached hydrogens (tertiary/aromatic N) is 3. The SMILES string of the molecule is CCCCOc1ccc(C(=O)N(CCN(CC)CC)c2nc3c(OC)cccc3s2)cc1. The van der Waals surface area contributed by atoms with Crippen LogP contribution >= 0.6 is 11.3 Å². The highest BCUT2D eigenvalue weighted by atomic mass is 32.1. The lowest BCUT2D eigenvalue weighted by atomic mass is 10.2. The third kappa shape index (κ3) is 5.78. The van der Waals surface area contributed by atoms with Crippen molar-refractivity contribution in [1.29, 1.82) is 0 Å². The summed E-state index contributed by atoms with van der Waals surface area (Å²) in [5.74, 6) is 1.44. The topological polar surface area (TPSA) is 54.9 Å². The van der Waals surface area contributed by atoms with Gasteiger partial charge in [0, 0.05) is 18.7 Å². The average molecular weight is 456 g/mol. The zero-order chi connectivity index (χ0) is 22.9. The van der Waals surface area contributed by atoms with Gasteiger partial charge >= 0.3 is 0 Å². The number of para-hydroxylation sites is 1. The van der Waals surface area contributed by atoms with Crippen LogP contribution < -0.4 is 14.4 Å². The van der Waals surface area contributed by atoms with Gasteiger partial charge in [-0.25, -0.2) is 4.98 Å². The number of unbranched alkanes of at least 4 members (excludes halogenated alkanes) is 1. The average Bonchev–Trinajstić information content (AvgIpc) is 3.26. The van der Waals surface area contributed by atoms with E-state index in [0.29, 0.717) is 23.8 Å². The number of carbonyl (C=O) groups is 1. The molecule has 0 saturated carbocycles. The number of fused-ring (bicyclic) bond motifs is 1. The van der Waals surface area contributed by atoms with Crippen molar-refractivity contribution in [3.63, 3.8) is 0 Å². The van der Waals surface area contributed by atoms with Crippen molar-refractivity contribution >= 4 is 32.6 Å². The van der Waals surface area contributed by atoms with Gasteiger partial charge in [-0.2, -0.15) is 0 Å². The van der Waals surface area contributed by atoms with Gasteiger partial charge in [-0.05, 0) is 55.9 Å². The van der Waals surface area contributed by atoms with Crippen LogP contribution in [0.3, 0.4) is 0 Å². The molecular formula is C25H33N3O3S. The summed E-state index contributed by atoms with van der Waals surface area (Å²) in [4.78, 5) is 22.4. The third-order valence-electron chi connectivity index (χ3n) is 5.47. The molecule has 0 radical (unpaired) electrons. The molecule has 1 heterocycles. The van der Waals surface area contributed by atoms with Gasteiger partial charge in [0.25, 0.3) is 5.91 Å². The van der Waals surface area contributed by atoms with Crippen LogP contribution in [0.2, 0.25) is 0 Å². The maximum absolute atomic E-state index is 13.5. The van der Waals surface area contributed by atoms with Gasteiger partial charge in [0.05, 0.1) is 18.4 Å². The molecule has 2 aromatic carbocycles. The summed E-state index contributed by atoms with van der Waals surface area (Å²) in [6, 6.07) is 13.3. The summed E-state index contributed by atoms with van der Waals surface area (Å²) < 4.78 is 12.2. The van der Waals surface area contributed by atoms with E-state index in [2.05, 4.69) is 25.7 Å². The van der Waals surface area contributed by atoms with Crippen LogP contribution in [0.25, 0.3) is 10.2 Å². The zero-order valence-electron chi connectivity index (χ0n) is 19.5. The number of thiazole rings is 1. The highest BCUT2D eigenvalue weighted by Crippen LogP contribution is 2.34. The minimum atomic E-state index is -0.0599. The number of hydrogen-bond donors (Lipinski definition) is 0. The third-order valence-corrected chi connectivity index (χ3v) is 6.51. The standard InChI is InChI=1S/C25H33N3O3S/c1-5-8-18-31-20-14-12-19(13-15-20)24(29)28(17-16-27(6-2)7-3)25-26-23-21(30-4)10-9-11-22(23)32-25/h9-15H,5-8,16-18H2,1-4H3. The molecule has 7 heteroatoms. The number of ether oxygens (including phenoxy) is 2. The Morgan fingerprint density at radius 2 is 1.78 bits per heavy atom. The van der Waals surface area contributed by atoms with Gasteiger partial charge in [-0.1, -0.05) is 44.6 Å². The Morgan fingerprint density at radius 1 is 1.03 bits per heavy atom. The lowest BCUT2D eigenvalue weighted by Crippen LogP contribution is -2.38. The Bertz CT molecular complexity index is 999. The van der Waals surface area contributed by atoms with E-state index in [1.807, 2.05) is 42.5 Å². The van der Waals surface area contributed by atoms with Crippen LogP contribution in [0.1, 0.15) is 44.0 Å². The van der Waals surface area contributed by atoms with Gasteiger partial charge < -0.3 is 14.4 Å². The molecule has 6 nitrogen and oxygen atoms in total. The first-order valence-electron chi connectivity index (χ1n) is 11.3. The molecule has 0 aliphatic carbocycles. The Kier molecular flexibility index (Phi) is 8.88. The molecule has 3 rings (SSSR count). The molecule has 0 spiro atoms. The lowest BCUT2D eigenvalue weighted by molar-refractivity contribution is 0.0983. The number of benzene rings is 2. The van der Waals surface area contributed by atoms with Gasteiger partial charge in [0.1, 0.15) is 17.0 Å². The van der Waals surface area contributed by atoms with E-state index >= 15 is 0 Å². The summed E-state index contributed by atoms with van der Waals surface area (Å²) in [6.07, 6.45) is 2.10. The first kappa shape index (κ1) is 24.0. The van der Waals surface area contributed by atoms with Crippen molar-refractivity contribution in [2.75, 3.05) is 44.8 Å². The monoisotopic (exact) mass is 455 g/mol. The molecular weight excluding hydrogens is 422 g/mol. The Morgan fingerprint density at radius 3 is 2.44 bits per heavy atom. The number of rotatable bonds is 12. The van der Waals surface area contributed by atoms with Crippen molar-refractivity contribution in [1.82, 2.24) is 9.88 Å². The van der Waals surface area contributed by atoms with Gasteiger partial charge in [-0.3, -0.25) is 9.69 Å². The zero-order valence-corrected chi connectivity index (χ0v) is 20.3. The summed E-state index contributed by atoms with van der Waals surface area (Å²) in [5.41, 5.74) is 1.41. The number of likely N-dealkylation sites (N-methyl/N-ethyl adjacent to an activating group) is 1. The fourth-order valence-corrected chi connectivity index (χ4v) is 4.45. The normalized spacial score (nSPS) is 11.2. The van der Waals surface area contributed by atoms with E-state index in [4.69, 9.17) is 14.5 Å². The molecule has 0 unspecified atom stereocenters. The van der Waals surface area contributed by atoms with Gasteiger partial charge in [0.15, 0.2) is 5.13 Å². The summed E-state index contributed by atoms with van der Waals surface area (Å²) >= 11 is 1.51. The molecule has 0 aliphatic rings. The van der Waals surface area contributed by atoms with Crippen LogP contribution in [0.4, 0.5) is 5.13 Å². The molecule has 1 amide bonds. The number of carbonyl (C=O) groups excluding carboxylic acids is 1. The molecule has 1 aromatic heterocycles. The number of anilines is 1. The van der Waals surface area contributed by atoms with Crippen molar-refractivity contribution in [2.24, 2.45) is 0 Å². The van der Waals surface area contributed by atoms with Crippen molar-refractivity contribution < 1.29 is 14.3 Å². The summed E-state index contributed by atoms with van der Waals surface area (Å²) in [7, 11) is 1.64. The molecule has 3 aromatic rings. The largest absolute Gasteiger partial charge is 0.494 e. The Balaban J connectivity index is 1.88. The number of amides is 1. The number of methoxy groups -OCH3 is 1. The molecule has 172 valence electrons. The smallest absolute Gasteiger partial charge is 0.260 e. The summed E-state index contributed by atoms with van der Waals surface area (Å²) in [5, 5.41) is 0.685. The van der Waals surface area contributed by atoms with Crippen LogP contribution in [0.15, 0.2) is 42.5 Å². The molecule has 0 N–H and O–H groups in total. The fourth-order valence-electron chi connectivity index (χ4n) is 3.44. The predicted molar refractivity (Wildman–Crippen MR) is 132 cm³/mol. The van der Waals surface area contributed by atoms with Crippen LogP contribution in [0.5, 0.6) is 11.5 Å². The van der Waals surface area contributed by atoms with Crippen molar-refractivity contribution in [3.8, 4) is 11.5 Å². The van der Waals surface area contributed by atoms with Crippen LogP contribution in [-0.2, 0) is 0 Å². The Hall–Kier alpha value is -2.64. The summed E-state index contributed by atoms with van der Waals surface area (Å²) in [6.45, 7) is 10.3. The molecule has 0 saturated heterocycles. The quantitative estimate of drug-likeness (QED) is 0.339. The lowest BCUT2D eigenvalue weighted by Gasteiger charge is -2.24. The maximum atomic E-state index is 13.5. The second kappa shape index (κ2) is 11.8. The van der Waals surface area contributed by atoms with Crippen LogP contribution in [0, 0.1) is 0 Å².